The molecule has 1 spiro atoms. The van der Waals surface area contributed by atoms with Crippen LogP contribution in [0, 0.1) is 0 Å². The third-order valence-electron chi connectivity index (χ3n) is 6.56. The molecule has 1 N–H and O–H groups in total. The Bertz CT molecular complexity index is 1150. The maximum absolute atomic E-state index is 13.1. The van der Waals surface area contributed by atoms with Gasteiger partial charge in [-0.25, -0.2) is 0 Å². The molecular weight excluding hydrogens is 388 g/mol. The largest absolute Gasteiger partial charge is 0.508 e. The molecule has 5 nitrogen and oxygen atoms in total. The lowest BCUT2D eigenvalue weighted by atomic mass is 9.85. The smallest absolute Gasteiger partial charge is 0.253 e. The van der Waals surface area contributed by atoms with Crippen molar-refractivity contribution < 1.29 is 14.6 Å². The number of aromatic hydroxyl groups is 1. The normalized spacial score (nSPS) is 17.1. The molecule has 1 aromatic heterocycles. The first-order valence-electron chi connectivity index (χ1n) is 10.9. The average molecular weight is 417 g/mol. The number of hydrogen-bond acceptors (Lipinski definition) is 3. The molecule has 3 heterocycles. The zero-order valence-electron chi connectivity index (χ0n) is 18.3. The van der Waals surface area contributed by atoms with E-state index in [4.69, 9.17) is 4.74 Å². The Kier molecular flexibility index (Phi) is 4.40. The molecule has 2 aromatic carbocycles. The van der Waals surface area contributed by atoms with Crippen molar-refractivity contribution in [1.82, 2.24) is 9.47 Å². The Morgan fingerprint density at radius 3 is 2.48 bits per heavy atom. The second-order valence-corrected chi connectivity index (χ2v) is 9.60. The summed E-state index contributed by atoms with van der Waals surface area (Å²) in [6, 6.07) is 17.6. The van der Waals surface area contributed by atoms with Gasteiger partial charge in [-0.15, -0.1) is 0 Å². The molecule has 1 fully saturated rings. The fourth-order valence-electron chi connectivity index (χ4n) is 4.88. The summed E-state index contributed by atoms with van der Waals surface area (Å²) in [4.78, 5) is 15.0. The van der Waals surface area contributed by atoms with E-state index in [1.165, 1.54) is 0 Å². The van der Waals surface area contributed by atoms with Crippen LogP contribution in [0.25, 0.3) is 5.69 Å². The van der Waals surface area contributed by atoms with E-state index in [2.05, 4.69) is 29.0 Å². The second-order valence-electron chi connectivity index (χ2n) is 9.60. The van der Waals surface area contributed by atoms with Crippen LogP contribution in [0.5, 0.6) is 11.5 Å². The van der Waals surface area contributed by atoms with Gasteiger partial charge in [0.05, 0.1) is 11.4 Å². The third kappa shape index (κ3) is 3.19. The number of likely N-dealkylation sites (tertiary alicyclic amines) is 1. The van der Waals surface area contributed by atoms with Gasteiger partial charge in [0.1, 0.15) is 11.5 Å². The van der Waals surface area contributed by atoms with Gasteiger partial charge >= 0.3 is 0 Å². The molecule has 1 saturated heterocycles. The molecule has 3 aromatic rings. The second kappa shape index (κ2) is 6.91. The lowest BCUT2D eigenvalue weighted by Crippen LogP contribution is -2.50. The predicted molar refractivity (Wildman–Crippen MR) is 120 cm³/mol. The first kappa shape index (κ1) is 19.7. The van der Waals surface area contributed by atoms with Crippen LogP contribution in [0.3, 0.4) is 0 Å². The number of carbonyl (C=O) groups is 1. The quantitative estimate of drug-likeness (QED) is 0.607. The molecule has 5 heteroatoms. The number of carbonyl (C=O) groups excluding carboxylic acids is 1. The van der Waals surface area contributed by atoms with Gasteiger partial charge in [0.2, 0.25) is 0 Å². The van der Waals surface area contributed by atoms with E-state index in [1.807, 2.05) is 56.0 Å². The number of phenols is 1. The van der Waals surface area contributed by atoms with E-state index >= 15 is 0 Å². The van der Waals surface area contributed by atoms with Crippen molar-refractivity contribution in [3.8, 4) is 17.2 Å². The van der Waals surface area contributed by atoms with Crippen LogP contribution in [0.2, 0.25) is 0 Å². The van der Waals surface area contributed by atoms with Crippen LogP contribution in [0.15, 0.2) is 60.8 Å². The molecule has 0 atom stereocenters. The summed E-state index contributed by atoms with van der Waals surface area (Å²) in [7, 11) is 0. The number of amides is 1. The number of ether oxygens (including phenoxy) is 1. The molecule has 0 radical (unpaired) electrons. The van der Waals surface area contributed by atoms with Crippen LogP contribution >= 0.6 is 0 Å². The molecule has 0 unspecified atom stereocenters. The summed E-state index contributed by atoms with van der Waals surface area (Å²) < 4.78 is 8.76. The molecule has 0 aliphatic carbocycles. The maximum atomic E-state index is 13.1. The van der Waals surface area contributed by atoms with Gasteiger partial charge in [0.15, 0.2) is 5.60 Å². The molecule has 2 aliphatic rings. The lowest BCUT2D eigenvalue weighted by Gasteiger charge is -2.45. The highest BCUT2D eigenvalue weighted by atomic mass is 16.5. The summed E-state index contributed by atoms with van der Waals surface area (Å²) in [5, 5.41) is 10.5. The number of nitrogens with zero attached hydrogens (tertiary/aromatic N) is 2. The summed E-state index contributed by atoms with van der Waals surface area (Å²) in [5.74, 6) is 1.02. The van der Waals surface area contributed by atoms with Gasteiger partial charge in [-0.3, -0.25) is 4.79 Å². The van der Waals surface area contributed by atoms with Gasteiger partial charge in [0.25, 0.3) is 5.91 Å². The fraction of sp³-hybridized carbons (Fsp3) is 0.346. The SMILES string of the molecule is CC(C)(C)c1ccc(C(=O)N2CCC3(CC2)Oc2ccccc2-n2cccc23)cc1O. The zero-order chi connectivity index (χ0) is 21.8. The van der Waals surface area contributed by atoms with E-state index in [9.17, 15) is 9.90 Å². The van der Waals surface area contributed by atoms with Crippen molar-refractivity contribution in [2.45, 2.75) is 44.6 Å². The highest BCUT2D eigenvalue weighted by Crippen LogP contribution is 2.45. The molecule has 0 saturated carbocycles. The minimum absolute atomic E-state index is 0.0443. The summed E-state index contributed by atoms with van der Waals surface area (Å²) >= 11 is 0. The Morgan fingerprint density at radius 2 is 1.77 bits per heavy atom. The van der Waals surface area contributed by atoms with E-state index < -0.39 is 5.60 Å². The fourth-order valence-corrected chi connectivity index (χ4v) is 4.88. The van der Waals surface area contributed by atoms with Crippen molar-refractivity contribution in [3.63, 3.8) is 0 Å². The van der Waals surface area contributed by atoms with Crippen molar-refractivity contribution in [2.24, 2.45) is 0 Å². The van der Waals surface area contributed by atoms with Crippen LogP contribution in [0.4, 0.5) is 0 Å². The summed E-state index contributed by atoms with van der Waals surface area (Å²) in [5.41, 5.74) is 2.97. The van der Waals surface area contributed by atoms with Crippen LogP contribution in [0.1, 0.15) is 55.2 Å². The minimum Gasteiger partial charge on any atom is -0.508 e. The topological polar surface area (TPSA) is 54.7 Å². The summed E-state index contributed by atoms with van der Waals surface area (Å²) in [6.45, 7) is 7.35. The van der Waals surface area contributed by atoms with Crippen molar-refractivity contribution in [2.75, 3.05) is 13.1 Å². The molecular formula is C26H28N2O3. The molecule has 160 valence electrons. The molecule has 1 amide bonds. The van der Waals surface area contributed by atoms with Crippen molar-refractivity contribution in [3.05, 3.63) is 77.6 Å². The standard InChI is InChI=1S/C26H28N2O3/c1-25(2,3)19-11-10-18(17-21(19)29)24(30)27-15-12-26(13-16-27)23-9-6-14-28(23)20-7-4-5-8-22(20)31-26/h4-11,14,17,29H,12-13,15-16H2,1-3H3. The number of benzene rings is 2. The number of hydrogen-bond donors (Lipinski definition) is 1. The first-order chi connectivity index (χ1) is 14.8. The number of para-hydroxylation sites is 2. The van der Waals surface area contributed by atoms with Crippen molar-refractivity contribution in [1.29, 1.82) is 0 Å². The Morgan fingerprint density at radius 1 is 1.03 bits per heavy atom. The van der Waals surface area contributed by atoms with Gasteiger partial charge in [0, 0.05) is 37.7 Å². The molecule has 5 rings (SSSR count). The van der Waals surface area contributed by atoms with Gasteiger partial charge in [-0.1, -0.05) is 39.0 Å². The minimum atomic E-state index is -0.424. The monoisotopic (exact) mass is 416 g/mol. The third-order valence-corrected chi connectivity index (χ3v) is 6.56. The number of fused-ring (bicyclic) bond motifs is 4. The van der Waals surface area contributed by atoms with Crippen LogP contribution in [-0.4, -0.2) is 33.6 Å². The van der Waals surface area contributed by atoms with Gasteiger partial charge < -0.3 is 19.3 Å². The van der Waals surface area contributed by atoms with E-state index in [0.29, 0.717) is 18.7 Å². The van der Waals surface area contributed by atoms with Crippen LogP contribution in [-0.2, 0) is 11.0 Å². The molecule has 2 aliphatic heterocycles. The first-order valence-corrected chi connectivity index (χ1v) is 10.9. The molecule has 31 heavy (non-hydrogen) atoms. The number of piperidine rings is 1. The van der Waals surface area contributed by atoms with E-state index in [-0.39, 0.29) is 17.1 Å². The number of phenolic OH excluding ortho intramolecular Hbond substituents is 1. The predicted octanol–water partition coefficient (Wildman–Crippen LogP) is 5.00. The lowest BCUT2D eigenvalue weighted by molar-refractivity contribution is -0.00932. The highest BCUT2D eigenvalue weighted by molar-refractivity contribution is 5.94. The number of aromatic nitrogens is 1. The van der Waals surface area contributed by atoms with E-state index in [0.717, 1.165) is 35.5 Å². The highest BCUT2D eigenvalue weighted by Gasteiger charge is 2.44. The molecule has 0 bridgehead atoms. The van der Waals surface area contributed by atoms with Gasteiger partial charge in [-0.05, 0) is 47.4 Å². The van der Waals surface area contributed by atoms with Crippen molar-refractivity contribution >= 4 is 5.91 Å². The zero-order valence-corrected chi connectivity index (χ0v) is 18.3. The van der Waals surface area contributed by atoms with Crippen LogP contribution < -0.4 is 4.74 Å². The van der Waals surface area contributed by atoms with E-state index in [1.54, 1.807) is 6.07 Å². The average Bonchev–Trinajstić information content (AvgIpc) is 3.24. The Balaban J connectivity index is 1.37. The maximum Gasteiger partial charge on any atom is 0.253 e. The summed E-state index contributed by atoms with van der Waals surface area (Å²) in [6.07, 6.45) is 3.53. The van der Waals surface area contributed by atoms with Gasteiger partial charge in [-0.2, -0.15) is 0 Å². The Hall–Kier alpha value is -3.21. The number of rotatable bonds is 1. The Labute approximate surface area is 182 Å².